The van der Waals surface area contributed by atoms with E-state index in [-0.39, 0.29) is 21.2 Å². The molecule has 0 bridgehead atoms. The third-order valence-corrected chi connectivity index (χ3v) is 7.82. The fraction of sp³-hybridized carbons (Fsp3) is 0.263. The number of hydrogen-bond acceptors (Lipinski definition) is 10. The molecule has 4 heterocycles. The summed E-state index contributed by atoms with van der Waals surface area (Å²) in [6, 6.07) is 20.6. The second-order valence-corrected chi connectivity index (χ2v) is 14.4. The van der Waals surface area contributed by atoms with Crippen molar-refractivity contribution in [1.82, 2.24) is 19.5 Å². The number of H-pyrrole nitrogens is 1. The van der Waals surface area contributed by atoms with Crippen LogP contribution in [0.3, 0.4) is 0 Å². The zero-order valence-corrected chi connectivity index (χ0v) is 32.6. The molecular formula is C38H41BrN8O8. The van der Waals surface area contributed by atoms with Crippen molar-refractivity contribution in [2.75, 3.05) is 10.6 Å². The Morgan fingerprint density at radius 1 is 0.764 bits per heavy atom. The number of fused-ring (bicyclic) bond motifs is 2. The highest BCUT2D eigenvalue weighted by atomic mass is 79.9. The largest absolute Gasteiger partial charge is 0.444 e. The van der Waals surface area contributed by atoms with Gasteiger partial charge in [0.05, 0.1) is 31.7 Å². The number of aromatic amines is 1. The number of pyridine rings is 2. The standard InChI is InChI=1S/C19H20N4O4.C11H15BrN2O2.C8H6N2O2/c1-19(2,3)27-18(24)21-17-11-13(7-9-20-17)12-22-10-8-14-15(22)5-4-6-16(14)23(25)26;1-11(2,3)16-10(15)14-9-6-8(7-12)4-5-13-9;11-10(12)8-3-1-2-7-6(8)4-5-9-7/h4-11H,12H2,1-3H3,(H,20,21,24);4-6H,7H2,1-3H3,(H,13,14,15);1-5,9H. The first-order valence-electron chi connectivity index (χ1n) is 16.8. The summed E-state index contributed by atoms with van der Waals surface area (Å²) in [7, 11) is 0. The topological polar surface area (TPSA) is 209 Å². The number of alkyl halides is 1. The number of carbonyl (C=O) groups excluding carboxylic acids is 2. The number of nitrogens with zero attached hydrogens (tertiary/aromatic N) is 5. The van der Waals surface area contributed by atoms with E-state index in [4.69, 9.17) is 9.47 Å². The van der Waals surface area contributed by atoms with Gasteiger partial charge in [0.1, 0.15) is 22.8 Å². The summed E-state index contributed by atoms with van der Waals surface area (Å²) in [5.41, 5.74) is 2.62. The second kappa shape index (κ2) is 18.1. The highest BCUT2D eigenvalue weighted by molar-refractivity contribution is 9.08. The van der Waals surface area contributed by atoms with Gasteiger partial charge in [-0.05, 0) is 101 Å². The predicted octanol–water partition coefficient (Wildman–Crippen LogP) is 9.74. The number of hydrogen-bond donors (Lipinski definition) is 3. The Labute approximate surface area is 324 Å². The zero-order valence-electron chi connectivity index (χ0n) is 31.0. The van der Waals surface area contributed by atoms with Crippen molar-refractivity contribution in [3.8, 4) is 0 Å². The Balaban J connectivity index is 0.000000203. The van der Waals surface area contributed by atoms with E-state index in [2.05, 4.69) is 41.5 Å². The van der Waals surface area contributed by atoms with Gasteiger partial charge in [-0.3, -0.25) is 30.9 Å². The normalized spacial score (nSPS) is 11.0. The fourth-order valence-corrected chi connectivity index (χ4v) is 5.36. The number of benzene rings is 2. The first kappa shape index (κ1) is 41.4. The number of anilines is 2. The van der Waals surface area contributed by atoms with Crippen LogP contribution in [-0.4, -0.2) is 52.8 Å². The van der Waals surface area contributed by atoms with E-state index in [0.717, 1.165) is 27.5 Å². The number of ether oxygens (including phenoxy) is 2. The molecule has 2 aromatic carbocycles. The number of carbonyl (C=O) groups is 2. The lowest BCUT2D eigenvalue weighted by atomic mass is 10.2. The van der Waals surface area contributed by atoms with E-state index in [1.165, 1.54) is 12.1 Å². The number of halogens is 1. The lowest BCUT2D eigenvalue weighted by molar-refractivity contribution is -0.383. The van der Waals surface area contributed by atoms with Gasteiger partial charge in [0.2, 0.25) is 0 Å². The van der Waals surface area contributed by atoms with Crippen LogP contribution in [0, 0.1) is 20.2 Å². The van der Waals surface area contributed by atoms with Gasteiger partial charge in [0.15, 0.2) is 0 Å². The SMILES string of the molecule is CC(C)(C)OC(=O)Nc1cc(CBr)ccn1.CC(C)(C)OC(=O)Nc1cc(Cn2ccc3c([N+](=O)[O-])cccc32)ccn1.O=[N+]([O-])c1cccc2[nH]ccc12. The molecule has 17 heteroatoms. The van der Waals surface area contributed by atoms with Gasteiger partial charge in [-0.1, -0.05) is 28.1 Å². The summed E-state index contributed by atoms with van der Waals surface area (Å²) in [5, 5.41) is 28.8. The van der Waals surface area contributed by atoms with Gasteiger partial charge in [0, 0.05) is 48.8 Å². The minimum absolute atomic E-state index is 0.0771. The van der Waals surface area contributed by atoms with Gasteiger partial charge >= 0.3 is 12.2 Å². The molecule has 16 nitrogen and oxygen atoms in total. The van der Waals surface area contributed by atoms with E-state index in [9.17, 15) is 29.8 Å². The molecule has 0 aliphatic rings. The fourth-order valence-electron chi connectivity index (χ4n) is 5.01. The van der Waals surface area contributed by atoms with Crippen LogP contribution in [0.25, 0.3) is 21.8 Å². The Hall–Kier alpha value is -6.36. The molecule has 55 heavy (non-hydrogen) atoms. The summed E-state index contributed by atoms with van der Waals surface area (Å²) in [6.45, 7) is 11.3. The van der Waals surface area contributed by atoms with Crippen LogP contribution in [0.5, 0.6) is 0 Å². The Bertz CT molecular complexity index is 2290. The lowest BCUT2D eigenvalue weighted by Crippen LogP contribution is -2.27. The molecule has 0 aliphatic heterocycles. The number of amides is 2. The van der Waals surface area contributed by atoms with Crippen LogP contribution < -0.4 is 10.6 Å². The molecule has 0 atom stereocenters. The monoisotopic (exact) mass is 816 g/mol. The first-order chi connectivity index (χ1) is 25.9. The molecule has 2 amide bonds. The molecular weight excluding hydrogens is 776 g/mol. The van der Waals surface area contributed by atoms with E-state index >= 15 is 0 Å². The molecule has 6 rings (SSSR count). The number of nitrogens with one attached hydrogen (secondary N) is 3. The minimum Gasteiger partial charge on any atom is -0.444 e. The quantitative estimate of drug-likeness (QED) is 0.0789. The van der Waals surface area contributed by atoms with Crippen molar-refractivity contribution in [2.24, 2.45) is 0 Å². The Morgan fingerprint density at radius 3 is 1.84 bits per heavy atom. The van der Waals surface area contributed by atoms with Crippen LogP contribution >= 0.6 is 15.9 Å². The molecule has 3 N–H and O–H groups in total. The van der Waals surface area contributed by atoms with Crippen LogP contribution in [0.15, 0.2) is 97.6 Å². The third-order valence-electron chi connectivity index (χ3n) is 7.17. The van der Waals surface area contributed by atoms with E-state index in [1.54, 1.807) is 82.0 Å². The molecule has 0 saturated carbocycles. The number of non-ortho nitro benzene ring substituents is 2. The van der Waals surface area contributed by atoms with Gasteiger partial charge in [-0.2, -0.15) is 0 Å². The number of aromatic nitrogens is 4. The van der Waals surface area contributed by atoms with Crippen molar-refractivity contribution in [3.05, 3.63) is 129 Å². The summed E-state index contributed by atoms with van der Waals surface area (Å²) < 4.78 is 12.2. The molecule has 0 aliphatic carbocycles. The Kier molecular flexibility index (Phi) is 13.6. The van der Waals surface area contributed by atoms with Crippen LogP contribution in [0.4, 0.5) is 32.6 Å². The highest BCUT2D eigenvalue weighted by Gasteiger charge is 2.18. The van der Waals surface area contributed by atoms with Gasteiger partial charge in [0.25, 0.3) is 11.4 Å². The molecule has 0 spiro atoms. The molecule has 4 aromatic heterocycles. The first-order valence-corrected chi connectivity index (χ1v) is 17.9. The molecule has 0 unspecified atom stereocenters. The second-order valence-electron chi connectivity index (χ2n) is 13.9. The van der Waals surface area contributed by atoms with Crippen LogP contribution in [-0.2, 0) is 21.3 Å². The smallest absolute Gasteiger partial charge is 0.413 e. The van der Waals surface area contributed by atoms with E-state index in [1.807, 2.05) is 49.6 Å². The van der Waals surface area contributed by atoms with Gasteiger partial charge in [-0.25, -0.2) is 19.6 Å². The molecule has 0 saturated heterocycles. The van der Waals surface area contributed by atoms with Crippen molar-refractivity contribution < 1.29 is 28.9 Å². The molecule has 6 aromatic rings. The summed E-state index contributed by atoms with van der Waals surface area (Å²) in [5.74, 6) is 0.871. The zero-order chi connectivity index (χ0) is 40.3. The number of nitro benzene ring substituents is 2. The molecule has 0 fully saturated rings. The molecule has 0 radical (unpaired) electrons. The van der Waals surface area contributed by atoms with Crippen LogP contribution in [0.1, 0.15) is 52.7 Å². The maximum Gasteiger partial charge on any atom is 0.413 e. The van der Waals surface area contributed by atoms with Crippen molar-refractivity contribution in [3.63, 3.8) is 0 Å². The van der Waals surface area contributed by atoms with E-state index < -0.39 is 23.4 Å². The maximum absolute atomic E-state index is 11.9. The summed E-state index contributed by atoms with van der Waals surface area (Å²) in [4.78, 5) is 55.3. The number of nitro groups is 2. The average Bonchev–Trinajstić information content (AvgIpc) is 3.74. The summed E-state index contributed by atoms with van der Waals surface area (Å²) in [6.07, 6.45) is 5.66. The highest BCUT2D eigenvalue weighted by Crippen LogP contribution is 2.27. The van der Waals surface area contributed by atoms with Crippen molar-refractivity contribution >= 4 is 72.9 Å². The minimum atomic E-state index is -0.597. The third kappa shape index (κ3) is 12.6. The summed E-state index contributed by atoms with van der Waals surface area (Å²) >= 11 is 3.33. The average molecular weight is 818 g/mol. The van der Waals surface area contributed by atoms with Gasteiger partial charge in [-0.15, -0.1) is 0 Å². The van der Waals surface area contributed by atoms with E-state index in [0.29, 0.717) is 29.0 Å². The Morgan fingerprint density at radius 2 is 1.29 bits per heavy atom. The maximum atomic E-state index is 11.9. The van der Waals surface area contributed by atoms with Gasteiger partial charge < -0.3 is 19.0 Å². The number of rotatable bonds is 7. The molecule has 288 valence electrons. The van der Waals surface area contributed by atoms with Crippen LogP contribution in [0.2, 0.25) is 0 Å². The van der Waals surface area contributed by atoms with Crippen molar-refractivity contribution in [2.45, 2.75) is 64.6 Å². The predicted molar refractivity (Wildman–Crippen MR) is 213 cm³/mol. The lowest BCUT2D eigenvalue weighted by Gasteiger charge is -2.19. The van der Waals surface area contributed by atoms with Crippen molar-refractivity contribution in [1.29, 1.82) is 0 Å².